The topological polar surface area (TPSA) is 94.0 Å². The van der Waals surface area contributed by atoms with Gasteiger partial charge in [0.25, 0.3) is 5.91 Å². The highest BCUT2D eigenvalue weighted by Gasteiger charge is 2.37. The summed E-state index contributed by atoms with van der Waals surface area (Å²) in [5, 5.41) is 17.4. The summed E-state index contributed by atoms with van der Waals surface area (Å²) in [7, 11) is 0. The number of anilines is 1. The van der Waals surface area contributed by atoms with Crippen molar-refractivity contribution in [2.45, 2.75) is 30.9 Å². The molecule has 30 heavy (non-hydrogen) atoms. The average molecular weight is 427 g/mol. The summed E-state index contributed by atoms with van der Waals surface area (Å²) in [6.45, 7) is 1.13. The predicted octanol–water partition coefficient (Wildman–Crippen LogP) is 2.51. The molecule has 1 unspecified atom stereocenters. The number of benzene rings is 2. The van der Waals surface area contributed by atoms with E-state index in [1.165, 1.54) is 0 Å². The molecule has 0 saturated carbocycles. The number of likely N-dealkylation sites (tertiary alicyclic amines) is 1. The van der Waals surface area contributed by atoms with Crippen LogP contribution >= 0.6 is 11.6 Å². The van der Waals surface area contributed by atoms with Gasteiger partial charge in [-0.15, -0.1) is 0 Å². The Morgan fingerprint density at radius 1 is 1.17 bits per heavy atom. The number of carbonyl (C=O) groups is 2. The number of carbonyl (C=O) groups excluding carboxylic acids is 2. The van der Waals surface area contributed by atoms with E-state index in [1.807, 2.05) is 35.2 Å². The molecule has 0 spiro atoms. The van der Waals surface area contributed by atoms with Crippen LogP contribution in [0.2, 0.25) is 5.02 Å². The third-order valence-electron chi connectivity index (χ3n) is 5.54. The monoisotopic (exact) mass is 426 g/mol. The number of nitrogens with zero attached hydrogens (tertiary/aromatic N) is 2. The Balaban J connectivity index is 1.31. The van der Waals surface area contributed by atoms with Gasteiger partial charge in [-0.1, -0.05) is 41.9 Å². The Bertz CT molecular complexity index is 954. The standard InChI is InChI=1S/C22H23ClN4O3/c23-16-6-8-17(9-7-16)24-19(28)14-18-20(29)26-21(25-18)27-12-10-22(30,11-13-27)15-4-2-1-3-5-15/h1-9,18,30H,10-14H2,(H,24,28)(H,25,26,29). The summed E-state index contributed by atoms with van der Waals surface area (Å²) in [4.78, 5) is 30.6. The lowest BCUT2D eigenvalue weighted by Crippen LogP contribution is -2.50. The van der Waals surface area contributed by atoms with Crippen LogP contribution in [0.3, 0.4) is 0 Å². The van der Waals surface area contributed by atoms with Crippen LogP contribution in [0.15, 0.2) is 59.6 Å². The van der Waals surface area contributed by atoms with Crippen LogP contribution in [0.5, 0.6) is 0 Å². The summed E-state index contributed by atoms with van der Waals surface area (Å²) in [6, 6.07) is 15.7. The molecule has 0 aromatic heterocycles. The van der Waals surface area contributed by atoms with Crippen LogP contribution in [0.25, 0.3) is 0 Å². The molecule has 1 saturated heterocycles. The van der Waals surface area contributed by atoms with Crippen LogP contribution in [-0.4, -0.2) is 46.9 Å². The maximum absolute atomic E-state index is 12.3. The summed E-state index contributed by atoms with van der Waals surface area (Å²) in [5.41, 5.74) is 0.643. The minimum atomic E-state index is -0.876. The van der Waals surface area contributed by atoms with Crippen molar-refractivity contribution in [2.24, 2.45) is 4.99 Å². The van der Waals surface area contributed by atoms with Crippen molar-refractivity contribution in [2.75, 3.05) is 18.4 Å². The molecule has 1 atom stereocenters. The lowest BCUT2D eigenvalue weighted by Gasteiger charge is -2.39. The number of amides is 2. The number of rotatable bonds is 4. The highest BCUT2D eigenvalue weighted by Crippen LogP contribution is 2.32. The number of halogens is 1. The van der Waals surface area contributed by atoms with E-state index >= 15 is 0 Å². The Labute approximate surface area is 179 Å². The highest BCUT2D eigenvalue weighted by atomic mass is 35.5. The molecule has 1 fully saturated rings. The van der Waals surface area contributed by atoms with Gasteiger partial charge in [-0.2, -0.15) is 4.99 Å². The van der Waals surface area contributed by atoms with Crippen LogP contribution in [-0.2, 0) is 15.2 Å². The fraction of sp³-hybridized carbons (Fsp3) is 0.318. The molecule has 0 bridgehead atoms. The van der Waals surface area contributed by atoms with Crippen molar-refractivity contribution in [3.05, 3.63) is 65.2 Å². The molecule has 156 valence electrons. The normalized spacial score (nSPS) is 20.5. The predicted molar refractivity (Wildman–Crippen MR) is 115 cm³/mol. The van der Waals surface area contributed by atoms with Crippen molar-refractivity contribution in [1.82, 2.24) is 10.2 Å². The first-order valence-electron chi connectivity index (χ1n) is 9.90. The van der Waals surface area contributed by atoms with Crippen LogP contribution < -0.4 is 10.6 Å². The Morgan fingerprint density at radius 3 is 2.50 bits per heavy atom. The van der Waals surface area contributed by atoms with Gasteiger partial charge in [0, 0.05) is 23.8 Å². The van der Waals surface area contributed by atoms with E-state index in [0.717, 1.165) is 5.56 Å². The Hall–Kier alpha value is -2.90. The maximum atomic E-state index is 12.3. The lowest BCUT2D eigenvalue weighted by atomic mass is 9.84. The quantitative estimate of drug-likeness (QED) is 0.698. The fourth-order valence-electron chi connectivity index (χ4n) is 3.79. The zero-order valence-corrected chi connectivity index (χ0v) is 17.1. The van der Waals surface area contributed by atoms with E-state index in [9.17, 15) is 14.7 Å². The van der Waals surface area contributed by atoms with Gasteiger partial charge in [0.2, 0.25) is 11.9 Å². The zero-order valence-electron chi connectivity index (χ0n) is 16.3. The number of guanidine groups is 1. The minimum Gasteiger partial charge on any atom is -0.385 e. The number of nitrogens with one attached hydrogen (secondary N) is 2. The first-order chi connectivity index (χ1) is 14.4. The number of aliphatic hydroxyl groups is 1. The van der Waals surface area contributed by atoms with Crippen molar-refractivity contribution >= 4 is 35.1 Å². The van der Waals surface area contributed by atoms with E-state index in [2.05, 4.69) is 15.6 Å². The van der Waals surface area contributed by atoms with Crippen LogP contribution in [0.1, 0.15) is 24.8 Å². The molecule has 3 N–H and O–H groups in total. The minimum absolute atomic E-state index is 0.0176. The smallest absolute Gasteiger partial charge is 0.271 e. The molecule has 2 heterocycles. The number of aliphatic imine (C=N–C) groups is 1. The summed E-state index contributed by atoms with van der Waals surface area (Å²) < 4.78 is 0. The van der Waals surface area contributed by atoms with Gasteiger partial charge in [-0.3, -0.25) is 9.59 Å². The Morgan fingerprint density at radius 2 is 1.83 bits per heavy atom. The second-order valence-electron chi connectivity index (χ2n) is 7.61. The van der Waals surface area contributed by atoms with E-state index in [4.69, 9.17) is 11.6 Å². The molecule has 7 nitrogen and oxygen atoms in total. The summed E-state index contributed by atoms with van der Waals surface area (Å²) in [5.74, 6) is -0.170. The third kappa shape index (κ3) is 4.47. The third-order valence-corrected chi connectivity index (χ3v) is 5.79. The fourth-order valence-corrected chi connectivity index (χ4v) is 3.91. The van der Waals surface area contributed by atoms with E-state index in [1.54, 1.807) is 24.3 Å². The van der Waals surface area contributed by atoms with E-state index in [-0.39, 0.29) is 18.2 Å². The van der Waals surface area contributed by atoms with Gasteiger partial charge in [0.15, 0.2) is 0 Å². The average Bonchev–Trinajstić information content (AvgIpc) is 3.11. The first-order valence-corrected chi connectivity index (χ1v) is 10.3. The molecule has 8 heteroatoms. The number of hydrogen-bond acceptors (Lipinski definition) is 5. The lowest BCUT2D eigenvalue weighted by molar-refractivity contribution is -0.123. The van der Waals surface area contributed by atoms with Gasteiger partial charge >= 0.3 is 0 Å². The number of piperidine rings is 1. The van der Waals surface area contributed by atoms with Crippen molar-refractivity contribution < 1.29 is 14.7 Å². The Kier molecular flexibility index (Phi) is 5.74. The zero-order chi connectivity index (χ0) is 21.1. The highest BCUT2D eigenvalue weighted by molar-refractivity contribution is 6.30. The second kappa shape index (κ2) is 8.45. The molecule has 2 aliphatic heterocycles. The largest absolute Gasteiger partial charge is 0.385 e. The first kappa shape index (κ1) is 20.4. The van der Waals surface area contributed by atoms with Gasteiger partial charge in [-0.05, 0) is 42.7 Å². The summed E-state index contributed by atoms with van der Waals surface area (Å²) >= 11 is 5.84. The number of hydrogen-bond donors (Lipinski definition) is 3. The van der Waals surface area contributed by atoms with Crippen molar-refractivity contribution in [3.63, 3.8) is 0 Å². The van der Waals surface area contributed by atoms with Gasteiger partial charge in [-0.25, -0.2) is 0 Å². The van der Waals surface area contributed by atoms with Crippen molar-refractivity contribution in [1.29, 1.82) is 0 Å². The molecule has 2 amide bonds. The van der Waals surface area contributed by atoms with Gasteiger partial charge in [0.05, 0.1) is 12.0 Å². The van der Waals surface area contributed by atoms with Crippen LogP contribution in [0.4, 0.5) is 5.69 Å². The SMILES string of the molecule is O=C(CC1NC(N2CCC(O)(c3ccccc3)CC2)=NC1=O)Nc1ccc(Cl)cc1. The van der Waals surface area contributed by atoms with Crippen LogP contribution in [0, 0.1) is 0 Å². The molecular formula is C22H23ClN4O3. The van der Waals surface area contributed by atoms with Gasteiger partial charge < -0.3 is 20.6 Å². The molecule has 2 aliphatic rings. The molecule has 2 aromatic carbocycles. The van der Waals surface area contributed by atoms with Crippen molar-refractivity contribution in [3.8, 4) is 0 Å². The van der Waals surface area contributed by atoms with Gasteiger partial charge in [0.1, 0.15) is 6.04 Å². The molecular weight excluding hydrogens is 404 g/mol. The molecule has 4 rings (SSSR count). The summed E-state index contributed by atoms with van der Waals surface area (Å²) in [6.07, 6.45) is 1.05. The molecule has 0 radical (unpaired) electrons. The molecule has 0 aliphatic carbocycles. The maximum Gasteiger partial charge on any atom is 0.271 e. The van der Waals surface area contributed by atoms with E-state index < -0.39 is 11.6 Å². The second-order valence-corrected chi connectivity index (χ2v) is 8.05. The van der Waals surface area contributed by atoms with E-state index in [0.29, 0.717) is 42.6 Å². The molecule has 2 aromatic rings.